The van der Waals surface area contributed by atoms with Crippen LogP contribution >= 0.6 is 0 Å². The van der Waals surface area contributed by atoms with Crippen molar-refractivity contribution in [3.05, 3.63) is 24.0 Å². The number of aromatic nitrogens is 1. The minimum absolute atomic E-state index is 0.216. The largest absolute Gasteiger partial charge is 0.376 e. The molecule has 1 aliphatic rings. The van der Waals surface area contributed by atoms with Gasteiger partial charge in [-0.3, -0.25) is 15.6 Å². The SMILES string of the molecule is NNc1ccnc(C(=O)NCCOC2CCCC2)c1. The quantitative estimate of drug-likeness (QED) is 0.406. The number of ether oxygens (including phenoxy) is 1. The van der Waals surface area contributed by atoms with Crippen LogP contribution in [0, 0.1) is 0 Å². The highest BCUT2D eigenvalue weighted by molar-refractivity contribution is 5.93. The Balaban J connectivity index is 1.71. The first-order valence-corrected chi connectivity index (χ1v) is 6.62. The lowest BCUT2D eigenvalue weighted by Gasteiger charge is -2.11. The first-order valence-electron chi connectivity index (χ1n) is 6.62. The van der Waals surface area contributed by atoms with E-state index in [-0.39, 0.29) is 5.91 Å². The summed E-state index contributed by atoms with van der Waals surface area (Å²) in [5.41, 5.74) is 3.48. The number of carbonyl (C=O) groups is 1. The van der Waals surface area contributed by atoms with Crippen LogP contribution in [-0.4, -0.2) is 30.1 Å². The minimum atomic E-state index is -0.216. The average Bonchev–Trinajstić information content (AvgIpc) is 2.96. The molecule has 0 unspecified atom stereocenters. The number of nitrogen functional groups attached to an aromatic ring is 1. The monoisotopic (exact) mass is 264 g/mol. The molecule has 6 heteroatoms. The molecule has 1 aromatic heterocycles. The predicted molar refractivity (Wildman–Crippen MR) is 72.6 cm³/mol. The van der Waals surface area contributed by atoms with E-state index < -0.39 is 0 Å². The Bertz CT molecular complexity index is 419. The molecular weight excluding hydrogens is 244 g/mol. The van der Waals surface area contributed by atoms with Crippen LogP contribution in [0.2, 0.25) is 0 Å². The number of hydrogen-bond acceptors (Lipinski definition) is 5. The summed E-state index contributed by atoms with van der Waals surface area (Å²) in [5, 5.41) is 2.78. The zero-order chi connectivity index (χ0) is 13.5. The molecule has 0 atom stereocenters. The van der Waals surface area contributed by atoms with E-state index in [2.05, 4.69) is 15.7 Å². The van der Waals surface area contributed by atoms with E-state index in [1.807, 2.05) is 0 Å². The molecule has 0 aliphatic heterocycles. The van der Waals surface area contributed by atoms with Crippen LogP contribution in [0.3, 0.4) is 0 Å². The van der Waals surface area contributed by atoms with Crippen molar-refractivity contribution in [3.63, 3.8) is 0 Å². The number of nitrogens with zero attached hydrogens (tertiary/aromatic N) is 1. The van der Waals surface area contributed by atoms with Crippen LogP contribution in [0.25, 0.3) is 0 Å². The van der Waals surface area contributed by atoms with Gasteiger partial charge < -0.3 is 15.5 Å². The molecule has 0 radical (unpaired) electrons. The van der Waals surface area contributed by atoms with Gasteiger partial charge in [0.2, 0.25) is 0 Å². The molecule has 0 bridgehead atoms. The van der Waals surface area contributed by atoms with Crippen LogP contribution in [0.5, 0.6) is 0 Å². The van der Waals surface area contributed by atoms with Gasteiger partial charge in [0.25, 0.3) is 5.91 Å². The summed E-state index contributed by atoms with van der Waals surface area (Å²) in [6.45, 7) is 1.04. The van der Waals surface area contributed by atoms with E-state index in [4.69, 9.17) is 10.6 Å². The Hall–Kier alpha value is -1.66. The Morgan fingerprint density at radius 2 is 2.26 bits per heavy atom. The van der Waals surface area contributed by atoms with Gasteiger partial charge in [0, 0.05) is 12.7 Å². The molecule has 1 heterocycles. The van der Waals surface area contributed by atoms with Gasteiger partial charge in [-0.1, -0.05) is 12.8 Å². The van der Waals surface area contributed by atoms with Crippen molar-refractivity contribution in [3.8, 4) is 0 Å². The summed E-state index contributed by atoms with van der Waals surface area (Å²) in [6.07, 6.45) is 6.69. The lowest BCUT2D eigenvalue weighted by molar-refractivity contribution is 0.0581. The fraction of sp³-hybridized carbons (Fsp3) is 0.538. The maximum atomic E-state index is 11.8. The topological polar surface area (TPSA) is 89.3 Å². The lowest BCUT2D eigenvalue weighted by atomic mass is 10.3. The van der Waals surface area contributed by atoms with E-state index >= 15 is 0 Å². The number of nitrogens with two attached hydrogens (primary N) is 1. The van der Waals surface area contributed by atoms with E-state index in [1.54, 1.807) is 18.3 Å². The van der Waals surface area contributed by atoms with Gasteiger partial charge in [0.05, 0.1) is 18.4 Å². The molecule has 0 aromatic carbocycles. The number of pyridine rings is 1. The molecule has 0 spiro atoms. The van der Waals surface area contributed by atoms with Crippen LogP contribution in [0.1, 0.15) is 36.2 Å². The lowest BCUT2D eigenvalue weighted by Crippen LogP contribution is -2.29. The van der Waals surface area contributed by atoms with Crippen LogP contribution in [-0.2, 0) is 4.74 Å². The molecule has 2 rings (SSSR count). The summed E-state index contributed by atoms with van der Waals surface area (Å²) in [7, 11) is 0. The number of hydrogen-bond donors (Lipinski definition) is 3. The van der Waals surface area contributed by atoms with Crippen LogP contribution < -0.4 is 16.6 Å². The zero-order valence-electron chi connectivity index (χ0n) is 10.9. The summed E-state index contributed by atoms with van der Waals surface area (Å²) in [5.74, 6) is 5.07. The first kappa shape index (κ1) is 13.8. The van der Waals surface area contributed by atoms with Crippen molar-refractivity contribution >= 4 is 11.6 Å². The Labute approximate surface area is 112 Å². The molecule has 1 saturated carbocycles. The molecule has 1 aliphatic carbocycles. The van der Waals surface area contributed by atoms with E-state index in [9.17, 15) is 4.79 Å². The normalized spacial score (nSPS) is 15.4. The fourth-order valence-corrected chi connectivity index (χ4v) is 2.18. The number of amides is 1. The molecular formula is C13H20N4O2. The van der Waals surface area contributed by atoms with Crippen molar-refractivity contribution in [2.24, 2.45) is 5.84 Å². The van der Waals surface area contributed by atoms with Crippen molar-refractivity contribution in [2.45, 2.75) is 31.8 Å². The van der Waals surface area contributed by atoms with Gasteiger partial charge in [-0.25, -0.2) is 0 Å². The van der Waals surface area contributed by atoms with Gasteiger partial charge >= 0.3 is 0 Å². The van der Waals surface area contributed by atoms with E-state index in [0.29, 0.717) is 30.6 Å². The Kier molecular flexibility index (Phi) is 5.11. The summed E-state index contributed by atoms with van der Waals surface area (Å²) >= 11 is 0. The standard InChI is InChI=1S/C13H20N4O2/c14-17-10-5-6-15-12(9-10)13(18)16-7-8-19-11-3-1-2-4-11/h5-6,9,11H,1-4,7-8,14H2,(H,15,17)(H,16,18). The van der Waals surface area contributed by atoms with Gasteiger partial charge in [0.15, 0.2) is 0 Å². The molecule has 4 N–H and O–H groups in total. The highest BCUT2D eigenvalue weighted by atomic mass is 16.5. The van der Waals surface area contributed by atoms with Gasteiger partial charge in [-0.15, -0.1) is 0 Å². The summed E-state index contributed by atoms with van der Waals surface area (Å²) in [4.78, 5) is 15.8. The van der Waals surface area contributed by atoms with Gasteiger partial charge in [0.1, 0.15) is 5.69 Å². The molecule has 1 amide bonds. The second-order valence-corrected chi connectivity index (χ2v) is 4.61. The molecule has 1 fully saturated rings. The molecule has 6 nitrogen and oxygen atoms in total. The van der Waals surface area contributed by atoms with E-state index in [1.165, 1.54) is 12.8 Å². The number of carbonyl (C=O) groups excluding carboxylic acids is 1. The van der Waals surface area contributed by atoms with E-state index in [0.717, 1.165) is 12.8 Å². The van der Waals surface area contributed by atoms with Crippen molar-refractivity contribution < 1.29 is 9.53 Å². The highest BCUT2D eigenvalue weighted by Crippen LogP contribution is 2.20. The van der Waals surface area contributed by atoms with Crippen molar-refractivity contribution in [2.75, 3.05) is 18.6 Å². The fourth-order valence-electron chi connectivity index (χ4n) is 2.18. The molecule has 19 heavy (non-hydrogen) atoms. The Morgan fingerprint density at radius 1 is 1.47 bits per heavy atom. The molecule has 1 aromatic rings. The second-order valence-electron chi connectivity index (χ2n) is 4.61. The zero-order valence-corrected chi connectivity index (χ0v) is 10.9. The third kappa shape index (κ3) is 4.18. The van der Waals surface area contributed by atoms with Crippen LogP contribution in [0.4, 0.5) is 5.69 Å². The van der Waals surface area contributed by atoms with Crippen LogP contribution in [0.15, 0.2) is 18.3 Å². The Morgan fingerprint density at radius 3 is 3.00 bits per heavy atom. The number of rotatable bonds is 6. The van der Waals surface area contributed by atoms with Crippen molar-refractivity contribution in [1.29, 1.82) is 0 Å². The maximum Gasteiger partial charge on any atom is 0.270 e. The summed E-state index contributed by atoms with van der Waals surface area (Å²) in [6, 6.07) is 3.30. The minimum Gasteiger partial charge on any atom is -0.376 e. The highest BCUT2D eigenvalue weighted by Gasteiger charge is 2.15. The predicted octanol–water partition coefficient (Wildman–Crippen LogP) is 1.06. The second kappa shape index (κ2) is 7.06. The number of hydrazine groups is 1. The molecule has 104 valence electrons. The third-order valence-electron chi connectivity index (χ3n) is 3.20. The maximum absolute atomic E-state index is 11.8. The van der Waals surface area contributed by atoms with Gasteiger partial charge in [-0.05, 0) is 25.0 Å². The molecule has 0 saturated heterocycles. The van der Waals surface area contributed by atoms with Gasteiger partial charge in [-0.2, -0.15) is 0 Å². The average molecular weight is 264 g/mol. The number of anilines is 1. The first-order chi connectivity index (χ1) is 9.29. The van der Waals surface area contributed by atoms with Crippen molar-refractivity contribution in [1.82, 2.24) is 10.3 Å². The summed E-state index contributed by atoms with van der Waals surface area (Å²) < 4.78 is 5.67. The number of nitrogens with one attached hydrogen (secondary N) is 2. The third-order valence-corrected chi connectivity index (χ3v) is 3.20. The smallest absolute Gasteiger partial charge is 0.270 e.